The molecule has 0 fully saturated rings. The molecule has 2 aromatic rings. The highest BCUT2D eigenvalue weighted by Gasteiger charge is 2.07. The summed E-state index contributed by atoms with van der Waals surface area (Å²) in [6, 6.07) is 9.34. The normalized spacial score (nSPS) is 10.5. The molecule has 0 saturated carbocycles. The van der Waals surface area contributed by atoms with E-state index in [1.807, 2.05) is 31.3 Å². The highest BCUT2D eigenvalue weighted by atomic mass is 35.5. The summed E-state index contributed by atoms with van der Waals surface area (Å²) in [5, 5.41) is 10.7. The number of carbonyl (C=O) groups excluding carboxylic acids is 1. The number of hydrogen-bond donors (Lipinski definition) is 2. The maximum Gasteiger partial charge on any atom is 0.226 e. The van der Waals surface area contributed by atoms with Crippen LogP contribution in [0.5, 0.6) is 0 Å². The van der Waals surface area contributed by atoms with Crippen LogP contribution in [0.3, 0.4) is 0 Å². The lowest BCUT2D eigenvalue weighted by Gasteiger charge is -2.09. The quantitative estimate of drug-likeness (QED) is 0.857. The molecule has 2 rings (SSSR count). The van der Waals surface area contributed by atoms with E-state index in [0.717, 1.165) is 5.56 Å². The average Bonchev–Trinajstić information content (AvgIpc) is 2.86. The summed E-state index contributed by atoms with van der Waals surface area (Å²) in [5.74, 6) is 0.665. The van der Waals surface area contributed by atoms with E-state index < -0.39 is 0 Å². The molecular formula is C14H17ClN4O. The van der Waals surface area contributed by atoms with Gasteiger partial charge in [0.05, 0.1) is 12.7 Å². The first-order valence-electron chi connectivity index (χ1n) is 6.40. The Kier molecular flexibility index (Phi) is 5.15. The molecule has 20 heavy (non-hydrogen) atoms. The van der Waals surface area contributed by atoms with E-state index in [0.29, 0.717) is 30.4 Å². The van der Waals surface area contributed by atoms with Gasteiger partial charge in [0.15, 0.2) is 0 Å². The summed E-state index contributed by atoms with van der Waals surface area (Å²) in [6.07, 6.45) is 2.10. The SMILES string of the molecule is CNCCC(=O)Nc1ccnn1Cc1ccc(Cl)cc1. The second-order valence-electron chi connectivity index (χ2n) is 4.40. The molecule has 0 spiro atoms. The van der Waals surface area contributed by atoms with E-state index in [4.69, 9.17) is 11.6 Å². The predicted molar refractivity (Wildman–Crippen MR) is 80.0 cm³/mol. The number of halogens is 1. The molecular weight excluding hydrogens is 276 g/mol. The Morgan fingerprint density at radius 1 is 1.30 bits per heavy atom. The Labute approximate surface area is 122 Å². The number of rotatable bonds is 6. The maximum absolute atomic E-state index is 11.7. The van der Waals surface area contributed by atoms with Gasteiger partial charge in [0.2, 0.25) is 5.91 Å². The van der Waals surface area contributed by atoms with Crippen LogP contribution < -0.4 is 10.6 Å². The zero-order chi connectivity index (χ0) is 14.4. The van der Waals surface area contributed by atoms with Crippen molar-refractivity contribution in [2.75, 3.05) is 18.9 Å². The number of hydrogen-bond acceptors (Lipinski definition) is 3. The van der Waals surface area contributed by atoms with Gasteiger partial charge in [-0.2, -0.15) is 5.10 Å². The number of carbonyl (C=O) groups is 1. The van der Waals surface area contributed by atoms with E-state index in [1.54, 1.807) is 16.9 Å². The fourth-order valence-corrected chi connectivity index (χ4v) is 1.90. The summed E-state index contributed by atoms with van der Waals surface area (Å²) in [5.41, 5.74) is 1.07. The van der Waals surface area contributed by atoms with E-state index in [9.17, 15) is 4.79 Å². The van der Waals surface area contributed by atoms with Gasteiger partial charge in [-0.25, -0.2) is 4.68 Å². The van der Waals surface area contributed by atoms with E-state index in [1.165, 1.54) is 0 Å². The van der Waals surface area contributed by atoms with Gasteiger partial charge >= 0.3 is 0 Å². The number of benzene rings is 1. The molecule has 0 aliphatic carbocycles. The van der Waals surface area contributed by atoms with Gasteiger partial charge in [-0.1, -0.05) is 23.7 Å². The molecule has 5 nitrogen and oxygen atoms in total. The molecule has 0 radical (unpaired) electrons. The van der Waals surface area contributed by atoms with E-state index >= 15 is 0 Å². The number of aromatic nitrogens is 2. The molecule has 1 amide bonds. The number of nitrogens with one attached hydrogen (secondary N) is 2. The third-order valence-electron chi connectivity index (χ3n) is 2.83. The van der Waals surface area contributed by atoms with Crippen LogP contribution in [0.25, 0.3) is 0 Å². The molecule has 1 aromatic heterocycles. The van der Waals surface area contributed by atoms with Gasteiger partial charge in [-0.15, -0.1) is 0 Å². The highest BCUT2D eigenvalue weighted by molar-refractivity contribution is 6.30. The predicted octanol–water partition coefficient (Wildman–Crippen LogP) is 2.13. The van der Waals surface area contributed by atoms with Gasteiger partial charge in [0.1, 0.15) is 5.82 Å². The molecule has 1 heterocycles. The van der Waals surface area contributed by atoms with Crippen LogP contribution in [0.1, 0.15) is 12.0 Å². The minimum atomic E-state index is -0.0304. The lowest BCUT2D eigenvalue weighted by Crippen LogP contribution is -2.20. The minimum Gasteiger partial charge on any atom is -0.319 e. The second kappa shape index (κ2) is 7.07. The molecule has 0 unspecified atom stereocenters. The van der Waals surface area contributed by atoms with Crippen molar-refractivity contribution < 1.29 is 4.79 Å². The summed E-state index contributed by atoms with van der Waals surface area (Å²) in [4.78, 5) is 11.7. The smallest absolute Gasteiger partial charge is 0.226 e. The number of anilines is 1. The maximum atomic E-state index is 11.7. The molecule has 0 saturated heterocycles. The third kappa shape index (κ3) is 4.08. The molecule has 1 aromatic carbocycles. The lowest BCUT2D eigenvalue weighted by atomic mass is 10.2. The third-order valence-corrected chi connectivity index (χ3v) is 3.08. The largest absolute Gasteiger partial charge is 0.319 e. The van der Waals surface area contributed by atoms with Crippen molar-refractivity contribution in [3.63, 3.8) is 0 Å². The summed E-state index contributed by atoms with van der Waals surface area (Å²) >= 11 is 5.86. The fraction of sp³-hybridized carbons (Fsp3) is 0.286. The number of nitrogens with zero attached hydrogens (tertiary/aromatic N) is 2. The van der Waals surface area contributed by atoms with Crippen LogP contribution in [-0.2, 0) is 11.3 Å². The Hall–Kier alpha value is -1.85. The zero-order valence-corrected chi connectivity index (χ0v) is 12.0. The second-order valence-corrected chi connectivity index (χ2v) is 4.84. The van der Waals surface area contributed by atoms with Gasteiger partial charge in [0.25, 0.3) is 0 Å². The van der Waals surface area contributed by atoms with Gasteiger partial charge in [0, 0.05) is 24.1 Å². The van der Waals surface area contributed by atoms with Crippen LogP contribution in [0.4, 0.5) is 5.82 Å². The van der Waals surface area contributed by atoms with Gasteiger partial charge in [-0.3, -0.25) is 4.79 Å². The zero-order valence-electron chi connectivity index (χ0n) is 11.3. The van der Waals surface area contributed by atoms with Crippen LogP contribution in [-0.4, -0.2) is 29.3 Å². The summed E-state index contributed by atoms with van der Waals surface area (Å²) in [7, 11) is 1.82. The molecule has 6 heteroatoms. The van der Waals surface area contributed by atoms with Crippen molar-refractivity contribution in [2.45, 2.75) is 13.0 Å². The Balaban J connectivity index is 2.01. The molecule has 0 aliphatic heterocycles. The molecule has 0 bridgehead atoms. The van der Waals surface area contributed by atoms with Crippen LogP contribution >= 0.6 is 11.6 Å². The first kappa shape index (κ1) is 14.6. The Bertz CT molecular complexity index is 565. The standard InChI is InChI=1S/C14H17ClN4O/c1-16-8-7-14(20)18-13-6-9-17-19(13)10-11-2-4-12(15)5-3-11/h2-6,9,16H,7-8,10H2,1H3,(H,18,20). The molecule has 0 aliphatic rings. The Morgan fingerprint density at radius 2 is 2.05 bits per heavy atom. The Morgan fingerprint density at radius 3 is 2.75 bits per heavy atom. The monoisotopic (exact) mass is 292 g/mol. The van der Waals surface area contributed by atoms with Gasteiger partial charge in [-0.05, 0) is 24.7 Å². The van der Waals surface area contributed by atoms with Crippen LogP contribution in [0, 0.1) is 0 Å². The molecule has 106 valence electrons. The average molecular weight is 293 g/mol. The van der Waals surface area contributed by atoms with E-state index in [-0.39, 0.29) is 5.91 Å². The highest BCUT2D eigenvalue weighted by Crippen LogP contribution is 2.13. The van der Waals surface area contributed by atoms with Crippen LogP contribution in [0.2, 0.25) is 5.02 Å². The van der Waals surface area contributed by atoms with Crippen molar-refractivity contribution in [1.29, 1.82) is 0 Å². The topological polar surface area (TPSA) is 59.0 Å². The van der Waals surface area contributed by atoms with Crippen molar-refractivity contribution >= 4 is 23.3 Å². The van der Waals surface area contributed by atoms with Crippen molar-refractivity contribution in [2.24, 2.45) is 0 Å². The minimum absolute atomic E-state index is 0.0304. The molecule has 0 atom stereocenters. The summed E-state index contributed by atoms with van der Waals surface area (Å²) in [6.45, 7) is 1.24. The first-order chi connectivity index (χ1) is 9.69. The van der Waals surface area contributed by atoms with Gasteiger partial charge < -0.3 is 10.6 Å². The molecule has 2 N–H and O–H groups in total. The number of amides is 1. The van der Waals surface area contributed by atoms with Crippen molar-refractivity contribution in [3.05, 3.63) is 47.1 Å². The van der Waals surface area contributed by atoms with Crippen molar-refractivity contribution in [1.82, 2.24) is 15.1 Å². The van der Waals surface area contributed by atoms with Crippen molar-refractivity contribution in [3.8, 4) is 0 Å². The lowest BCUT2D eigenvalue weighted by molar-refractivity contribution is -0.116. The first-order valence-corrected chi connectivity index (χ1v) is 6.77. The summed E-state index contributed by atoms with van der Waals surface area (Å²) < 4.78 is 1.75. The fourth-order valence-electron chi connectivity index (χ4n) is 1.77. The van der Waals surface area contributed by atoms with E-state index in [2.05, 4.69) is 15.7 Å². The van der Waals surface area contributed by atoms with Crippen LogP contribution in [0.15, 0.2) is 36.5 Å².